The number of carbonyl (C=O) groups excluding carboxylic acids is 2. The standard InChI is InChI=1S/C24H24N6O3/c1-4-14(2)27-23(31)19-20-22(29-18-8-6-5-7-17(18)28-20)30(21(19)25)26-13-15-9-11-16(12-10-15)24(32)33-3/h5-14H,4,25H2,1-3H3,(H,27,31). The molecule has 2 heterocycles. The summed E-state index contributed by atoms with van der Waals surface area (Å²) in [4.78, 5) is 34.0. The molecular formula is C24H24N6O3. The van der Waals surface area contributed by atoms with Crippen molar-refractivity contribution in [2.45, 2.75) is 26.3 Å². The summed E-state index contributed by atoms with van der Waals surface area (Å²) in [6.45, 7) is 3.91. The molecule has 0 aliphatic heterocycles. The Labute approximate surface area is 190 Å². The Balaban J connectivity index is 1.82. The van der Waals surface area contributed by atoms with Gasteiger partial charge in [-0.3, -0.25) is 4.79 Å². The zero-order valence-corrected chi connectivity index (χ0v) is 18.6. The number of hydrogen-bond donors (Lipinski definition) is 2. The Hall–Kier alpha value is -4.27. The second kappa shape index (κ2) is 9.07. The normalized spacial score (nSPS) is 12.3. The van der Waals surface area contributed by atoms with Gasteiger partial charge in [-0.05, 0) is 43.2 Å². The van der Waals surface area contributed by atoms with Crippen LogP contribution in [0.2, 0.25) is 0 Å². The first-order valence-electron chi connectivity index (χ1n) is 10.5. The molecule has 9 heteroatoms. The molecule has 168 valence electrons. The molecule has 0 saturated heterocycles. The van der Waals surface area contributed by atoms with Crippen LogP contribution in [0.5, 0.6) is 0 Å². The molecule has 1 unspecified atom stereocenters. The van der Waals surface area contributed by atoms with Crippen molar-refractivity contribution in [2.75, 3.05) is 12.8 Å². The van der Waals surface area contributed by atoms with Gasteiger partial charge in [0.05, 0.1) is 29.9 Å². The van der Waals surface area contributed by atoms with E-state index in [-0.39, 0.29) is 23.3 Å². The predicted molar refractivity (Wildman–Crippen MR) is 127 cm³/mol. The number of nitrogens with one attached hydrogen (secondary N) is 1. The van der Waals surface area contributed by atoms with Crippen molar-refractivity contribution in [2.24, 2.45) is 5.10 Å². The number of methoxy groups -OCH3 is 1. The minimum absolute atomic E-state index is 0.0273. The molecule has 0 bridgehead atoms. The lowest BCUT2D eigenvalue weighted by atomic mass is 10.1. The number of hydrogen-bond acceptors (Lipinski definition) is 7. The molecule has 2 aromatic carbocycles. The van der Waals surface area contributed by atoms with Crippen LogP contribution in [-0.2, 0) is 4.74 Å². The number of nitrogens with zero attached hydrogens (tertiary/aromatic N) is 4. The molecule has 0 aliphatic rings. The van der Waals surface area contributed by atoms with Crippen molar-refractivity contribution in [3.8, 4) is 0 Å². The summed E-state index contributed by atoms with van der Waals surface area (Å²) >= 11 is 0. The Morgan fingerprint density at radius 1 is 1.15 bits per heavy atom. The zero-order chi connectivity index (χ0) is 23.5. The van der Waals surface area contributed by atoms with Crippen LogP contribution < -0.4 is 11.1 Å². The van der Waals surface area contributed by atoms with Crippen molar-refractivity contribution < 1.29 is 14.3 Å². The topological polar surface area (TPSA) is 124 Å². The first-order chi connectivity index (χ1) is 15.9. The summed E-state index contributed by atoms with van der Waals surface area (Å²) in [5, 5.41) is 7.42. The first-order valence-corrected chi connectivity index (χ1v) is 10.5. The minimum atomic E-state index is -0.418. The van der Waals surface area contributed by atoms with Crippen molar-refractivity contribution >= 4 is 46.1 Å². The highest BCUT2D eigenvalue weighted by molar-refractivity contribution is 6.10. The summed E-state index contributed by atoms with van der Waals surface area (Å²) in [5.41, 5.74) is 9.86. The summed E-state index contributed by atoms with van der Waals surface area (Å²) in [6, 6.07) is 14.1. The molecule has 3 N–H and O–H groups in total. The molecule has 0 saturated carbocycles. The molecular weight excluding hydrogens is 420 g/mol. The highest BCUT2D eigenvalue weighted by Gasteiger charge is 2.24. The van der Waals surface area contributed by atoms with Gasteiger partial charge < -0.3 is 15.8 Å². The molecule has 4 rings (SSSR count). The van der Waals surface area contributed by atoms with Crippen molar-refractivity contribution in [3.05, 3.63) is 65.2 Å². The van der Waals surface area contributed by atoms with E-state index in [1.807, 2.05) is 38.1 Å². The monoisotopic (exact) mass is 444 g/mol. The van der Waals surface area contributed by atoms with Crippen molar-refractivity contribution in [3.63, 3.8) is 0 Å². The molecule has 1 atom stereocenters. The number of carbonyl (C=O) groups is 2. The largest absolute Gasteiger partial charge is 0.465 e. The van der Waals surface area contributed by atoms with Gasteiger partial charge in [-0.2, -0.15) is 9.78 Å². The van der Waals surface area contributed by atoms with Gasteiger partial charge in [0.25, 0.3) is 5.91 Å². The lowest BCUT2D eigenvalue weighted by Crippen LogP contribution is -2.32. The van der Waals surface area contributed by atoms with E-state index in [2.05, 4.69) is 20.4 Å². The van der Waals surface area contributed by atoms with E-state index < -0.39 is 5.97 Å². The quantitative estimate of drug-likeness (QED) is 0.347. The number of para-hydroxylation sites is 2. The number of nitrogen functional groups attached to an aromatic ring is 1. The van der Waals surface area contributed by atoms with Crippen LogP contribution in [0.1, 0.15) is 46.5 Å². The summed E-state index contributed by atoms with van der Waals surface area (Å²) in [7, 11) is 1.33. The van der Waals surface area contributed by atoms with Gasteiger partial charge in [-0.1, -0.05) is 31.2 Å². The molecule has 33 heavy (non-hydrogen) atoms. The Bertz CT molecular complexity index is 1370. The Morgan fingerprint density at radius 3 is 2.45 bits per heavy atom. The van der Waals surface area contributed by atoms with Gasteiger partial charge in [0.15, 0.2) is 5.65 Å². The van der Waals surface area contributed by atoms with E-state index in [1.165, 1.54) is 11.8 Å². The summed E-state index contributed by atoms with van der Waals surface area (Å²) in [6.07, 6.45) is 2.35. The number of benzene rings is 2. The van der Waals surface area contributed by atoms with Gasteiger partial charge in [-0.15, -0.1) is 0 Å². The summed E-state index contributed by atoms with van der Waals surface area (Å²) in [5.74, 6) is -0.602. The number of fused-ring (bicyclic) bond motifs is 2. The Morgan fingerprint density at radius 2 is 1.82 bits per heavy atom. The second-order valence-corrected chi connectivity index (χ2v) is 7.60. The molecule has 1 amide bonds. The van der Waals surface area contributed by atoms with Crippen LogP contribution in [0, 0.1) is 0 Å². The van der Waals surface area contributed by atoms with Gasteiger partial charge in [0.2, 0.25) is 0 Å². The molecule has 0 radical (unpaired) electrons. The average Bonchev–Trinajstić information content (AvgIpc) is 3.10. The molecule has 0 spiro atoms. The number of amides is 1. The van der Waals surface area contributed by atoms with Crippen LogP contribution in [0.15, 0.2) is 53.6 Å². The van der Waals surface area contributed by atoms with Gasteiger partial charge in [-0.25, -0.2) is 14.8 Å². The Kier molecular flexibility index (Phi) is 6.03. The maximum absolute atomic E-state index is 13.0. The highest BCUT2D eigenvalue weighted by atomic mass is 16.5. The van der Waals surface area contributed by atoms with Crippen molar-refractivity contribution in [1.82, 2.24) is 20.0 Å². The SMILES string of the molecule is CCC(C)NC(=O)c1c(N)n(N=Cc2ccc(C(=O)OC)cc2)c2nc3ccccc3nc12. The molecule has 0 aliphatic carbocycles. The van der Waals surface area contributed by atoms with Gasteiger partial charge in [0.1, 0.15) is 16.9 Å². The van der Waals surface area contributed by atoms with Gasteiger partial charge in [0, 0.05) is 6.04 Å². The number of esters is 1. The van der Waals surface area contributed by atoms with Gasteiger partial charge >= 0.3 is 5.97 Å². The first kappa shape index (κ1) is 21.9. The van der Waals surface area contributed by atoms with Crippen LogP contribution >= 0.6 is 0 Å². The lowest BCUT2D eigenvalue weighted by Gasteiger charge is -2.11. The zero-order valence-electron chi connectivity index (χ0n) is 18.6. The van der Waals surface area contributed by atoms with E-state index in [9.17, 15) is 9.59 Å². The lowest BCUT2D eigenvalue weighted by molar-refractivity contribution is 0.0600. The fourth-order valence-electron chi connectivity index (χ4n) is 3.33. The fraction of sp³-hybridized carbons (Fsp3) is 0.208. The minimum Gasteiger partial charge on any atom is -0.465 e. The molecule has 0 fully saturated rings. The highest BCUT2D eigenvalue weighted by Crippen LogP contribution is 2.28. The van der Waals surface area contributed by atoms with Crippen LogP contribution in [0.4, 0.5) is 5.82 Å². The predicted octanol–water partition coefficient (Wildman–Crippen LogP) is 3.36. The number of anilines is 1. The number of rotatable bonds is 6. The third-order valence-electron chi connectivity index (χ3n) is 5.34. The number of aromatic nitrogens is 3. The summed E-state index contributed by atoms with van der Waals surface area (Å²) < 4.78 is 6.13. The maximum atomic E-state index is 13.0. The van der Waals surface area contributed by atoms with E-state index in [0.717, 1.165) is 12.0 Å². The molecule has 9 nitrogen and oxygen atoms in total. The van der Waals surface area contributed by atoms with Crippen LogP contribution in [-0.4, -0.2) is 45.9 Å². The maximum Gasteiger partial charge on any atom is 0.337 e. The number of ether oxygens (including phenoxy) is 1. The van der Waals surface area contributed by atoms with Crippen molar-refractivity contribution in [1.29, 1.82) is 0 Å². The molecule has 2 aromatic heterocycles. The number of nitrogens with two attached hydrogens (primary N) is 1. The van der Waals surface area contributed by atoms with E-state index in [4.69, 9.17) is 10.5 Å². The second-order valence-electron chi connectivity index (χ2n) is 7.60. The third-order valence-corrected chi connectivity index (χ3v) is 5.34. The fourth-order valence-corrected chi connectivity index (χ4v) is 3.33. The van der Waals surface area contributed by atoms with E-state index in [0.29, 0.717) is 27.8 Å². The van der Waals surface area contributed by atoms with Crippen LogP contribution in [0.3, 0.4) is 0 Å². The van der Waals surface area contributed by atoms with Crippen LogP contribution in [0.25, 0.3) is 22.2 Å². The van der Waals surface area contributed by atoms with E-state index >= 15 is 0 Å². The average molecular weight is 444 g/mol. The van der Waals surface area contributed by atoms with E-state index in [1.54, 1.807) is 30.5 Å². The third kappa shape index (κ3) is 4.25. The smallest absolute Gasteiger partial charge is 0.337 e. The molecule has 4 aromatic rings.